The highest BCUT2D eigenvalue weighted by molar-refractivity contribution is 5.70. The molecule has 0 heterocycles. The Morgan fingerprint density at radius 2 is 1.44 bits per heavy atom. The molecule has 0 aromatic heterocycles. The molecule has 0 rings (SSSR count). The van der Waals surface area contributed by atoms with E-state index in [1.165, 1.54) is 6.92 Å². The first-order chi connectivity index (χ1) is 7.60. The normalized spacial score (nSPS) is 9.75. The van der Waals surface area contributed by atoms with Crippen LogP contribution in [0.3, 0.4) is 0 Å². The van der Waals surface area contributed by atoms with Crippen LogP contribution in [0, 0.1) is 0 Å². The van der Waals surface area contributed by atoms with Crippen LogP contribution in [0.15, 0.2) is 0 Å². The van der Waals surface area contributed by atoms with Crippen molar-refractivity contribution >= 4 is 12.2 Å². The fourth-order valence-corrected chi connectivity index (χ4v) is 0.750. The van der Waals surface area contributed by atoms with E-state index in [4.69, 9.17) is 10.2 Å². The lowest BCUT2D eigenvalue weighted by molar-refractivity contribution is 0.107. The minimum Gasteiger partial charge on any atom is -0.447 e. The van der Waals surface area contributed by atoms with Gasteiger partial charge in [-0.1, -0.05) is 0 Å². The molecule has 4 N–H and O–H groups in total. The molecule has 0 fully saturated rings. The van der Waals surface area contributed by atoms with Gasteiger partial charge in [0.2, 0.25) is 0 Å². The first-order valence-corrected chi connectivity index (χ1v) is 4.68. The first-order valence-electron chi connectivity index (χ1n) is 4.68. The molecule has 0 saturated carbocycles. The third kappa shape index (κ3) is 7.83. The van der Waals surface area contributed by atoms with Crippen LogP contribution in [-0.4, -0.2) is 55.0 Å². The number of aliphatic hydroxyl groups is 2. The Labute approximate surface area is 92.5 Å². The predicted molar refractivity (Wildman–Crippen MR) is 52.6 cm³/mol. The zero-order chi connectivity index (χ0) is 12.4. The Hall–Kier alpha value is -1.54. The molecule has 0 radical (unpaired) electrons. The zero-order valence-electron chi connectivity index (χ0n) is 8.93. The second-order valence-electron chi connectivity index (χ2n) is 2.73. The summed E-state index contributed by atoms with van der Waals surface area (Å²) in [7, 11) is 0. The minimum absolute atomic E-state index is 0.118. The van der Waals surface area contributed by atoms with Crippen molar-refractivity contribution in [1.82, 2.24) is 10.6 Å². The summed E-state index contributed by atoms with van der Waals surface area (Å²) in [6.45, 7) is 0.725. The van der Waals surface area contributed by atoms with Gasteiger partial charge in [-0.25, -0.2) is 9.59 Å². The number of carbonyl (C=O) groups is 2. The lowest BCUT2D eigenvalue weighted by atomic mass is 10.5. The van der Waals surface area contributed by atoms with Gasteiger partial charge < -0.3 is 30.3 Å². The van der Waals surface area contributed by atoms with Crippen molar-refractivity contribution in [1.29, 1.82) is 0 Å². The summed E-state index contributed by atoms with van der Waals surface area (Å²) in [6, 6.07) is 0. The van der Waals surface area contributed by atoms with Gasteiger partial charge >= 0.3 is 12.2 Å². The van der Waals surface area contributed by atoms with E-state index in [-0.39, 0.29) is 26.4 Å². The fourth-order valence-electron chi connectivity index (χ4n) is 0.750. The van der Waals surface area contributed by atoms with Crippen molar-refractivity contribution < 1.29 is 29.3 Å². The van der Waals surface area contributed by atoms with E-state index in [1.807, 2.05) is 0 Å². The van der Waals surface area contributed by atoms with E-state index in [2.05, 4.69) is 20.1 Å². The van der Waals surface area contributed by atoms with Gasteiger partial charge in [-0.3, -0.25) is 0 Å². The monoisotopic (exact) mass is 236 g/mol. The third-order valence-electron chi connectivity index (χ3n) is 1.32. The van der Waals surface area contributed by atoms with Crippen LogP contribution in [0.1, 0.15) is 6.92 Å². The molecule has 0 atom stereocenters. The molecular formula is C8H16N2O6. The Morgan fingerprint density at radius 3 is 1.75 bits per heavy atom. The molecule has 8 heteroatoms. The van der Waals surface area contributed by atoms with E-state index in [0.29, 0.717) is 0 Å². The molecule has 0 aromatic rings. The van der Waals surface area contributed by atoms with E-state index >= 15 is 0 Å². The lowest BCUT2D eigenvalue weighted by Crippen LogP contribution is -2.46. The summed E-state index contributed by atoms with van der Waals surface area (Å²) in [5, 5.41) is 21.3. The van der Waals surface area contributed by atoms with E-state index in [9.17, 15) is 9.59 Å². The number of aliphatic hydroxyl groups excluding tert-OH is 2. The molecule has 0 aromatic carbocycles. The highest BCUT2D eigenvalue weighted by Gasteiger charge is 2.11. The van der Waals surface area contributed by atoms with Crippen LogP contribution >= 0.6 is 0 Å². The van der Waals surface area contributed by atoms with Crippen LogP contribution in [0.5, 0.6) is 0 Å². The van der Waals surface area contributed by atoms with Gasteiger partial charge in [-0.2, -0.15) is 0 Å². The number of hydrogen-bond donors (Lipinski definition) is 4. The van der Waals surface area contributed by atoms with E-state index in [0.717, 1.165) is 0 Å². The van der Waals surface area contributed by atoms with Gasteiger partial charge in [-0.15, -0.1) is 0 Å². The zero-order valence-corrected chi connectivity index (χ0v) is 8.93. The molecular weight excluding hydrogens is 220 g/mol. The van der Waals surface area contributed by atoms with Gasteiger partial charge in [-0.05, 0) is 6.92 Å². The average molecular weight is 236 g/mol. The number of amides is 2. The maximum absolute atomic E-state index is 10.9. The molecule has 0 spiro atoms. The van der Waals surface area contributed by atoms with Crippen molar-refractivity contribution in [2.75, 3.05) is 26.4 Å². The molecule has 0 aliphatic heterocycles. The number of nitrogens with one attached hydrogen (secondary N) is 2. The van der Waals surface area contributed by atoms with Gasteiger partial charge in [0.25, 0.3) is 0 Å². The second kappa shape index (κ2) is 8.74. The molecule has 0 aliphatic rings. The van der Waals surface area contributed by atoms with Crippen LogP contribution in [0.2, 0.25) is 0 Å². The summed E-state index contributed by atoms with van der Waals surface area (Å²) in [4.78, 5) is 21.9. The standard InChI is InChI=1S/C8H16N2O6/c1-6(9-7(13)15-4-2-11)10-8(14)16-5-3-12/h6,11-12H,2-5H2,1H3,(H,9,13)(H,10,14). The summed E-state index contributed by atoms with van der Waals surface area (Å²) in [6.07, 6.45) is -2.20. The van der Waals surface area contributed by atoms with Gasteiger partial charge in [0, 0.05) is 0 Å². The molecule has 94 valence electrons. The second-order valence-corrected chi connectivity index (χ2v) is 2.73. The quantitative estimate of drug-likeness (QED) is 0.429. The Kier molecular flexibility index (Phi) is 7.90. The number of ether oxygens (including phenoxy) is 2. The summed E-state index contributed by atoms with van der Waals surface area (Å²) in [5.74, 6) is 0. The largest absolute Gasteiger partial charge is 0.447 e. The molecule has 0 bridgehead atoms. The number of rotatable bonds is 6. The maximum atomic E-state index is 10.9. The summed E-state index contributed by atoms with van der Waals surface area (Å²) < 4.78 is 8.98. The molecule has 0 aliphatic carbocycles. The van der Waals surface area contributed by atoms with Crippen molar-refractivity contribution in [3.63, 3.8) is 0 Å². The highest BCUT2D eigenvalue weighted by Crippen LogP contribution is 1.84. The van der Waals surface area contributed by atoms with Crippen LogP contribution in [0.25, 0.3) is 0 Å². The number of hydrogen-bond acceptors (Lipinski definition) is 6. The minimum atomic E-state index is -0.760. The smallest absolute Gasteiger partial charge is 0.408 e. The Balaban J connectivity index is 3.67. The average Bonchev–Trinajstić information content (AvgIpc) is 2.23. The molecule has 0 saturated heterocycles. The summed E-state index contributed by atoms with van der Waals surface area (Å²) in [5.41, 5.74) is 0. The molecule has 2 amide bonds. The van der Waals surface area contributed by atoms with Crippen molar-refractivity contribution in [2.24, 2.45) is 0 Å². The lowest BCUT2D eigenvalue weighted by Gasteiger charge is -2.15. The summed E-state index contributed by atoms with van der Waals surface area (Å²) >= 11 is 0. The first kappa shape index (κ1) is 14.5. The van der Waals surface area contributed by atoms with Gasteiger partial charge in [0.05, 0.1) is 13.2 Å². The third-order valence-corrected chi connectivity index (χ3v) is 1.32. The predicted octanol–water partition coefficient (Wildman–Crippen LogP) is -1.23. The molecule has 8 nitrogen and oxygen atoms in total. The van der Waals surface area contributed by atoms with Crippen molar-refractivity contribution in [3.8, 4) is 0 Å². The van der Waals surface area contributed by atoms with Gasteiger partial charge in [0.15, 0.2) is 0 Å². The SMILES string of the molecule is CC(NC(=O)OCCO)NC(=O)OCCO. The topological polar surface area (TPSA) is 117 Å². The molecule has 0 unspecified atom stereocenters. The van der Waals surface area contributed by atoms with E-state index < -0.39 is 18.4 Å². The maximum Gasteiger partial charge on any atom is 0.408 e. The van der Waals surface area contributed by atoms with E-state index in [1.54, 1.807) is 0 Å². The van der Waals surface area contributed by atoms with Crippen molar-refractivity contribution in [3.05, 3.63) is 0 Å². The van der Waals surface area contributed by atoms with Crippen LogP contribution < -0.4 is 10.6 Å². The fraction of sp³-hybridized carbons (Fsp3) is 0.750. The number of carbonyl (C=O) groups excluding carboxylic acids is 2. The van der Waals surface area contributed by atoms with Crippen LogP contribution in [0.4, 0.5) is 9.59 Å². The Morgan fingerprint density at radius 1 is 1.06 bits per heavy atom. The number of alkyl carbamates (subject to hydrolysis) is 2. The molecule has 16 heavy (non-hydrogen) atoms. The van der Waals surface area contributed by atoms with Crippen LogP contribution in [-0.2, 0) is 9.47 Å². The van der Waals surface area contributed by atoms with Crippen molar-refractivity contribution in [2.45, 2.75) is 13.1 Å². The Bertz CT molecular complexity index is 201. The highest BCUT2D eigenvalue weighted by atomic mass is 16.6. The van der Waals surface area contributed by atoms with Gasteiger partial charge in [0.1, 0.15) is 19.4 Å².